The summed E-state index contributed by atoms with van der Waals surface area (Å²) in [6.07, 6.45) is 1.57. The summed E-state index contributed by atoms with van der Waals surface area (Å²) < 4.78 is 10.8. The SMILES string of the molecule is COc1cc2c(c(N)c1O)CC1c3c(cc(O)c(OC)c3-2)CCN1C. The molecule has 2 aromatic rings. The number of anilines is 1. The Hall–Kier alpha value is -2.60. The highest BCUT2D eigenvalue weighted by Gasteiger charge is 2.37. The molecule has 132 valence electrons. The van der Waals surface area contributed by atoms with E-state index in [4.69, 9.17) is 15.2 Å². The topological polar surface area (TPSA) is 88.2 Å². The molecule has 0 saturated carbocycles. The maximum Gasteiger partial charge on any atom is 0.181 e. The smallest absolute Gasteiger partial charge is 0.181 e. The number of methoxy groups -OCH3 is 2. The molecule has 4 N–H and O–H groups in total. The van der Waals surface area contributed by atoms with Gasteiger partial charge in [0, 0.05) is 18.2 Å². The van der Waals surface area contributed by atoms with Crippen molar-refractivity contribution in [1.29, 1.82) is 0 Å². The first-order valence-corrected chi connectivity index (χ1v) is 8.29. The zero-order valence-electron chi connectivity index (χ0n) is 14.6. The molecule has 0 amide bonds. The number of benzene rings is 2. The van der Waals surface area contributed by atoms with Crippen molar-refractivity contribution in [2.24, 2.45) is 0 Å². The number of fused-ring (bicyclic) bond motifs is 2. The van der Waals surface area contributed by atoms with E-state index in [0.717, 1.165) is 35.2 Å². The van der Waals surface area contributed by atoms with Crippen molar-refractivity contribution in [2.75, 3.05) is 33.5 Å². The van der Waals surface area contributed by atoms with Crippen molar-refractivity contribution in [3.8, 4) is 34.1 Å². The van der Waals surface area contributed by atoms with Gasteiger partial charge in [-0.15, -0.1) is 0 Å². The van der Waals surface area contributed by atoms with Crippen molar-refractivity contribution >= 4 is 5.69 Å². The van der Waals surface area contributed by atoms with Gasteiger partial charge in [0.2, 0.25) is 0 Å². The summed E-state index contributed by atoms with van der Waals surface area (Å²) in [6.45, 7) is 0.903. The molecule has 2 aromatic carbocycles. The van der Waals surface area contributed by atoms with E-state index in [1.54, 1.807) is 13.2 Å². The van der Waals surface area contributed by atoms with Gasteiger partial charge in [-0.1, -0.05) is 0 Å². The van der Waals surface area contributed by atoms with Gasteiger partial charge in [0.1, 0.15) is 0 Å². The van der Waals surface area contributed by atoms with Gasteiger partial charge < -0.3 is 25.4 Å². The van der Waals surface area contributed by atoms with Crippen molar-refractivity contribution in [1.82, 2.24) is 4.90 Å². The number of likely N-dealkylation sites (N-methyl/N-ethyl adjacent to an activating group) is 1. The van der Waals surface area contributed by atoms with Crippen molar-refractivity contribution in [3.63, 3.8) is 0 Å². The third-order valence-corrected chi connectivity index (χ3v) is 5.49. The minimum Gasteiger partial charge on any atom is -0.504 e. The molecule has 1 atom stereocenters. The Morgan fingerprint density at radius 2 is 1.96 bits per heavy atom. The van der Waals surface area contributed by atoms with Gasteiger partial charge in [-0.25, -0.2) is 0 Å². The molecule has 0 spiro atoms. The zero-order chi connectivity index (χ0) is 17.9. The van der Waals surface area contributed by atoms with Crippen LogP contribution in [-0.2, 0) is 12.8 Å². The highest BCUT2D eigenvalue weighted by Crippen LogP contribution is 2.55. The molecular weight excluding hydrogens is 320 g/mol. The second kappa shape index (κ2) is 5.46. The Morgan fingerprint density at radius 1 is 1.20 bits per heavy atom. The van der Waals surface area contributed by atoms with E-state index in [-0.39, 0.29) is 17.5 Å². The standard InChI is InChI=1S/C19H22N2O4/c1-21-5-4-9-6-13(22)19(25-3)16-10-8-14(24-2)18(23)17(20)11(10)7-12(21)15(9)16/h6,8,12,22-23H,4-5,7,20H2,1-3H3. The van der Waals surface area contributed by atoms with Crippen LogP contribution >= 0.6 is 0 Å². The number of hydrogen-bond acceptors (Lipinski definition) is 6. The largest absolute Gasteiger partial charge is 0.504 e. The Morgan fingerprint density at radius 3 is 2.64 bits per heavy atom. The van der Waals surface area contributed by atoms with Crippen molar-refractivity contribution in [3.05, 3.63) is 28.8 Å². The molecule has 0 radical (unpaired) electrons. The van der Waals surface area contributed by atoms with Crippen LogP contribution in [0.4, 0.5) is 5.69 Å². The first-order chi connectivity index (χ1) is 12.0. The number of nitrogens with zero attached hydrogens (tertiary/aromatic N) is 1. The predicted octanol–water partition coefficient (Wildman–Crippen LogP) is 2.45. The van der Waals surface area contributed by atoms with E-state index in [0.29, 0.717) is 23.6 Å². The van der Waals surface area contributed by atoms with Gasteiger partial charge in [0.05, 0.1) is 19.9 Å². The molecule has 1 aliphatic carbocycles. The molecule has 0 bridgehead atoms. The predicted molar refractivity (Wildman–Crippen MR) is 95.5 cm³/mol. The molecule has 4 rings (SSSR count). The summed E-state index contributed by atoms with van der Waals surface area (Å²) in [7, 11) is 5.13. The molecule has 0 saturated heterocycles. The lowest BCUT2D eigenvalue weighted by Gasteiger charge is -2.40. The number of hydrogen-bond donors (Lipinski definition) is 3. The van der Waals surface area contributed by atoms with Crippen LogP contribution in [0, 0.1) is 0 Å². The van der Waals surface area contributed by atoms with Gasteiger partial charge in [-0.05, 0) is 54.3 Å². The van der Waals surface area contributed by atoms with E-state index >= 15 is 0 Å². The highest BCUT2D eigenvalue weighted by molar-refractivity contribution is 5.89. The average molecular weight is 342 g/mol. The van der Waals surface area contributed by atoms with Gasteiger partial charge >= 0.3 is 0 Å². The fourth-order valence-corrected chi connectivity index (χ4v) is 4.21. The Bertz CT molecular complexity index is 879. The van der Waals surface area contributed by atoms with E-state index in [1.165, 1.54) is 12.7 Å². The number of aromatic hydroxyl groups is 2. The van der Waals surface area contributed by atoms with E-state index in [9.17, 15) is 10.2 Å². The normalized spacial score (nSPS) is 18.4. The number of ether oxygens (including phenoxy) is 2. The monoisotopic (exact) mass is 342 g/mol. The molecule has 0 fully saturated rings. The third kappa shape index (κ3) is 2.07. The maximum atomic E-state index is 10.5. The summed E-state index contributed by atoms with van der Waals surface area (Å²) in [6, 6.07) is 3.73. The molecule has 2 aliphatic rings. The fraction of sp³-hybridized carbons (Fsp3) is 0.368. The minimum atomic E-state index is -0.0393. The van der Waals surface area contributed by atoms with Crippen LogP contribution in [0.5, 0.6) is 23.0 Å². The van der Waals surface area contributed by atoms with E-state index in [2.05, 4.69) is 11.9 Å². The molecule has 6 nitrogen and oxygen atoms in total. The summed E-state index contributed by atoms with van der Waals surface area (Å²) in [5.41, 5.74) is 11.4. The number of rotatable bonds is 2. The zero-order valence-corrected chi connectivity index (χ0v) is 14.6. The quantitative estimate of drug-likeness (QED) is 0.574. The lowest BCUT2D eigenvalue weighted by molar-refractivity contribution is 0.227. The van der Waals surface area contributed by atoms with Crippen molar-refractivity contribution < 1.29 is 19.7 Å². The molecule has 1 aliphatic heterocycles. The van der Waals surface area contributed by atoms with Crippen LogP contribution in [0.25, 0.3) is 11.1 Å². The van der Waals surface area contributed by atoms with Crippen LogP contribution < -0.4 is 15.2 Å². The van der Waals surface area contributed by atoms with Gasteiger partial charge in [-0.3, -0.25) is 4.90 Å². The minimum absolute atomic E-state index is 0.0393. The molecule has 6 heteroatoms. The summed E-state index contributed by atoms with van der Waals surface area (Å²) in [4.78, 5) is 2.28. The number of phenolic OH excluding ortho intramolecular Hbond substituents is 2. The second-order valence-corrected chi connectivity index (χ2v) is 6.69. The number of nitrogens with two attached hydrogens (primary N) is 1. The van der Waals surface area contributed by atoms with Gasteiger partial charge in [0.15, 0.2) is 23.0 Å². The number of nitrogen functional groups attached to an aromatic ring is 1. The van der Waals surface area contributed by atoms with Crippen LogP contribution in [0.1, 0.15) is 22.7 Å². The van der Waals surface area contributed by atoms with E-state index < -0.39 is 0 Å². The van der Waals surface area contributed by atoms with Crippen LogP contribution in [-0.4, -0.2) is 42.9 Å². The molecule has 0 aromatic heterocycles. The van der Waals surface area contributed by atoms with Crippen LogP contribution in [0.2, 0.25) is 0 Å². The summed E-state index contributed by atoms with van der Waals surface area (Å²) in [5, 5.41) is 20.8. The average Bonchev–Trinajstić information content (AvgIpc) is 2.61. The molecular formula is C19H22N2O4. The summed E-state index contributed by atoms with van der Waals surface area (Å²) >= 11 is 0. The molecule has 1 heterocycles. The van der Waals surface area contributed by atoms with Gasteiger partial charge in [0.25, 0.3) is 0 Å². The van der Waals surface area contributed by atoms with Crippen LogP contribution in [0.3, 0.4) is 0 Å². The fourth-order valence-electron chi connectivity index (χ4n) is 4.21. The Kier molecular flexibility index (Phi) is 3.47. The van der Waals surface area contributed by atoms with E-state index in [1.807, 2.05) is 6.07 Å². The van der Waals surface area contributed by atoms with Crippen LogP contribution in [0.15, 0.2) is 12.1 Å². The number of phenols is 2. The highest BCUT2D eigenvalue weighted by atomic mass is 16.5. The second-order valence-electron chi connectivity index (χ2n) is 6.69. The first-order valence-electron chi connectivity index (χ1n) is 8.29. The lowest BCUT2D eigenvalue weighted by Crippen LogP contribution is -2.36. The summed E-state index contributed by atoms with van der Waals surface area (Å²) in [5.74, 6) is 0.839. The third-order valence-electron chi connectivity index (χ3n) is 5.49. The molecule has 1 unspecified atom stereocenters. The maximum absolute atomic E-state index is 10.5. The first kappa shape index (κ1) is 15.9. The lowest BCUT2D eigenvalue weighted by atomic mass is 9.76. The van der Waals surface area contributed by atoms with Gasteiger partial charge in [-0.2, -0.15) is 0 Å². The Labute approximate surface area is 146 Å². The Balaban J connectivity index is 2.12. The molecule has 25 heavy (non-hydrogen) atoms. The van der Waals surface area contributed by atoms with Crippen molar-refractivity contribution in [2.45, 2.75) is 18.9 Å².